The minimum absolute atomic E-state index is 0. The zero-order valence-electron chi connectivity index (χ0n) is 10.7. The van der Waals surface area contributed by atoms with E-state index in [1.54, 1.807) is 5.01 Å². The van der Waals surface area contributed by atoms with E-state index in [9.17, 15) is 0 Å². The fraction of sp³-hybridized carbons (Fsp3) is 0.231. The van der Waals surface area contributed by atoms with Gasteiger partial charge >= 0.3 is 0 Å². The van der Waals surface area contributed by atoms with Crippen LogP contribution in [-0.4, -0.2) is 33.7 Å². The number of aryl methyl sites for hydroxylation is 1. The summed E-state index contributed by atoms with van der Waals surface area (Å²) in [7, 11) is 1.91. The van der Waals surface area contributed by atoms with Crippen LogP contribution < -0.4 is 5.84 Å². The van der Waals surface area contributed by atoms with Crippen molar-refractivity contribution in [1.82, 2.24) is 14.8 Å². The molecule has 0 fully saturated rings. The Balaban J connectivity index is 0.00000133. The first-order chi connectivity index (χ1) is 8.75. The third kappa shape index (κ3) is 2.47. The Morgan fingerprint density at radius 1 is 1.21 bits per heavy atom. The Labute approximate surface area is 118 Å². The van der Waals surface area contributed by atoms with E-state index in [1.807, 2.05) is 48.1 Å². The van der Waals surface area contributed by atoms with Crippen molar-refractivity contribution in [2.24, 2.45) is 17.9 Å². The smallest absolute Gasteiger partial charge is 0.163 e. The Bertz CT molecular complexity index is 590. The highest BCUT2D eigenvalue weighted by molar-refractivity contribution is 5.98. The molecule has 0 spiro atoms. The molecule has 0 unspecified atom stereocenters. The molecular weight excluding hydrogens is 262 g/mol. The summed E-state index contributed by atoms with van der Waals surface area (Å²) in [6.45, 7) is 1.51. The summed E-state index contributed by atoms with van der Waals surface area (Å²) < 4.78 is 1.83. The quantitative estimate of drug-likeness (QED) is 0.845. The van der Waals surface area contributed by atoms with Gasteiger partial charge in [0.1, 0.15) is 5.69 Å². The summed E-state index contributed by atoms with van der Waals surface area (Å²) in [6, 6.07) is 12.1. The Kier molecular flexibility index (Phi) is 3.87. The summed E-state index contributed by atoms with van der Waals surface area (Å²) in [4.78, 5) is 4.41. The fourth-order valence-electron chi connectivity index (χ4n) is 2.12. The van der Waals surface area contributed by atoms with E-state index in [2.05, 4.69) is 10.1 Å². The molecule has 2 N–H and O–H groups in total. The highest BCUT2D eigenvalue weighted by Crippen LogP contribution is 2.19. The van der Waals surface area contributed by atoms with E-state index in [1.165, 1.54) is 0 Å². The first-order valence-corrected chi connectivity index (χ1v) is 5.92. The van der Waals surface area contributed by atoms with Gasteiger partial charge in [-0.2, -0.15) is 5.10 Å². The molecule has 2 aromatic rings. The van der Waals surface area contributed by atoms with Crippen molar-refractivity contribution in [3.8, 4) is 11.3 Å². The van der Waals surface area contributed by atoms with Gasteiger partial charge in [-0.3, -0.25) is 14.7 Å². The van der Waals surface area contributed by atoms with Crippen LogP contribution in [-0.2, 0) is 7.05 Å². The number of amidine groups is 1. The normalized spacial score (nSPS) is 14.2. The van der Waals surface area contributed by atoms with Gasteiger partial charge in [0.15, 0.2) is 5.84 Å². The summed E-state index contributed by atoms with van der Waals surface area (Å²) in [5, 5.41) is 6.19. The first kappa shape index (κ1) is 13.6. The van der Waals surface area contributed by atoms with Gasteiger partial charge in [-0.25, -0.2) is 5.84 Å². The summed E-state index contributed by atoms with van der Waals surface area (Å²) in [5.41, 5.74) is 2.99. The molecule has 19 heavy (non-hydrogen) atoms. The zero-order chi connectivity index (χ0) is 12.5. The number of nitrogens with two attached hydrogens (primary N) is 1. The van der Waals surface area contributed by atoms with E-state index < -0.39 is 0 Å². The highest BCUT2D eigenvalue weighted by Gasteiger charge is 2.19. The van der Waals surface area contributed by atoms with E-state index in [0.29, 0.717) is 0 Å². The molecule has 6 heteroatoms. The number of benzene rings is 1. The second kappa shape index (κ2) is 5.42. The molecule has 1 aliphatic rings. The maximum atomic E-state index is 5.89. The van der Waals surface area contributed by atoms with Gasteiger partial charge in [-0.15, -0.1) is 12.4 Å². The third-order valence-corrected chi connectivity index (χ3v) is 3.05. The van der Waals surface area contributed by atoms with Crippen LogP contribution in [0.1, 0.15) is 5.69 Å². The summed E-state index contributed by atoms with van der Waals surface area (Å²) >= 11 is 0. The van der Waals surface area contributed by atoms with Gasteiger partial charge in [0.2, 0.25) is 0 Å². The van der Waals surface area contributed by atoms with E-state index in [-0.39, 0.29) is 12.4 Å². The number of aromatic nitrogens is 2. The number of aliphatic imine (C=N–C) groups is 1. The topological polar surface area (TPSA) is 59.4 Å². The molecular formula is C13H16ClN5. The lowest BCUT2D eigenvalue weighted by Crippen LogP contribution is -2.36. The zero-order valence-corrected chi connectivity index (χ0v) is 11.5. The minimum Gasteiger partial charge on any atom is -0.291 e. The molecule has 0 atom stereocenters. The second-order valence-corrected chi connectivity index (χ2v) is 4.30. The van der Waals surface area contributed by atoms with Gasteiger partial charge < -0.3 is 0 Å². The molecule has 0 radical (unpaired) electrons. The van der Waals surface area contributed by atoms with E-state index in [4.69, 9.17) is 5.84 Å². The standard InChI is InChI=1S/C13H15N5.ClH/c1-17-12(13-15-7-8-18(13)14)9-11(16-17)10-5-3-2-4-6-10;/h2-6,9H,7-8,14H2,1H3;1H. The van der Waals surface area contributed by atoms with Crippen LogP contribution in [0.2, 0.25) is 0 Å². The largest absolute Gasteiger partial charge is 0.291 e. The van der Waals surface area contributed by atoms with Crippen LogP contribution in [0.15, 0.2) is 41.4 Å². The third-order valence-electron chi connectivity index (χ3n) is 3.05. The van der Waals surface area contributed by atoms with Crippen molar-refractivity contribution in [1.29, 1.82) is 0 Å². The average Bonchev–Trinajstić information content (AvgIpc) is 2.96. The van der Waals surface area contributed by atoms with Crippen molar-refractivity contribution < 1.29 is 0 Å². The van der Waals surface area contributed by atoms with Gasteiger partial charge in [0, 0.05) is 12.6 Å². The molecule has 0 amide bonds. The van der Waals surface area contributed by atoms with Gasteiger partial charge in [-0.1, -0.05) is 30.3 Å². The Morgan fingerprint density at radius 2 is 1.95 bits per heavy atom. The predicted octanol–water partition coefficient (Wildman–Crippen LogP) is 1.44. The molecule has 1 aliphatic heterocycles. The number of rotatable bonds is 2. The predicted molar refractivity (Wildman–Crippen MR) is 78.2 cm³/mol. The highest BCUT2D eigenvalue weighted by atomic mass is 35.5. The first-order valence-electron chi connectivity index (χ1n) is 5.92. The Hall–Kier alpha value is -1.85. The maximum absolute atomic E-state index is 5.89. The molecule has 0 aliphatic carbocycles. The number of hydrazine groups is 1. The second-order valence-electron chi connectivity index (χ2n) is 4.30. The summed E-state index contributed by atoms with van der Waals surface area (Å²) in [6.07, 6.45) is 0. The molecule has 0 saturated carbocycles. The summed E-state index contributed by atoms with van der Waals surface area (Å²) in [5.74, 6) is 6.70. The van der Waals surface area contributed by atoms with Crippen molar-refractivity contribution in [3.63, 3.8) is 0 Å². The molecule has 3 rings (SSSR count). The molecule has 0 bridgehead atoms. The van der Waals surface area contributed by atoms with Crippen molar-refractivity contribution in [2.75, 3.05) is 13.1 Å². The van der Waals surface area contributed by atoms with Crippen LogP contribution in [0.3, 0.4) is 0 Å². The fourth-order valence-corrected chi connectivity index (χ4v) is 2.12. The van der Waals surface area contributed by atoms with E-state index >= 15 is 0 Å². The molecule has 1 aromatic heterocycles. The van der Waals surface area contributed by atoms with Gasteiger partial charge in [0.25, 0.3) is 0 Å². The van der Waals surface area contributed by atoms with Crippen LogP contribution in [0.25, 0.3) is 11.3 Å². The van der Waals surface area contributed by atoms with Crippen LogP contribution in [0.4, 0.5) is 0 Å². The van der Waals surface area contributed by atoms with Crippen LogP contribution in [0.5, 0.6) is 0 Å². The lowest BCUT2D eigenvalue weighted by molar-refractivity contribution is 0.481. The molecule has 0 saturated heterocycles. The lowest BCUT2D eigenvalue weighted by Gasteiger charge is -2.12. The Morgan fingerprint density at radius 3 is 2.58 bits per heavy atom. The number of nitrogens with zero attached hydrogens (tertiary/aromatic N) is 4. The number of hydrogen-bond donors (Lipinski definition) is 1. The SMILES string of the molecule is Cl.Cn1nc(-c2ccccc2)cc1C1=NCCN1N. The van der Waals surface area contributed by atoms with E-state index in [0.717, 1.165) is 35.9 Å². The van der Waals surface area contributed by atoms with Gasteiger partial charge in [-0.05, 0) is 6.07 Å². The monoisotopic (exact) mass is 277 g/mol. The number of hydrogen-bond acceptors (Lipinski definition) is 4. The minimum atomic E-state index is 0. The average molecular weight is 278 g/mol. The molecule has 100 valence electrons. The van der Waals surface area contributed by atoms with Crippen molar-refractivity contribution in [2.45, 2.75) is 0 Å². The van der Waals surface area contributed by atoms with Crippen molar-refractivity contribution >= 4 is 18.2 Å². The van der Waals surface area contributed by atoms with Crippen LogP contribution in [0, 0.1) is 0 Å². The molecule has 1 aromatic carbocycles. The lowest BCUT2D eigenvalue weighted by atomic mass is 10.1. The number of halogens is 1. The molecule has 2 heterocycles. The maximum Gasteiger partial charge on any atom is 0.163 e. The van der Waals surface area contributed by atoms with Crippen LogP contribution >= 0.6 is 12.4 Å². The molecule has 5 nitrogen and oxygen atoms in total. The van der Waals surface area contributed by atoms with Gasteiger partial charge in [0.05, 0.1) is 18.8 Å². The van der Waals surface area contributed by atoms with Crippen molar-refractivity contribution in [3.05, 3.63) is 42.1 Å².